The first-order valence-electron chi connectivity index (χ1n) is 6.62. The Hall–Kier alpha value is -2.29. The van der Waals surface area contributed by atoms with Crippen molar-refractivity contribution in [3.05, 3.63) is 48.2 Å². The number of aromatic amines is 1. The lowest BCUT2D eigenvalue weighted by molar-refractivity contribution is 0.868. The Morgan fingerprint density at radius 2 is 2.05 bits per heavy atom. The molecule has 1 N–H and O–H groups in total. The Kier molecular flexibility index (Phi) is 2.01. The number of nitrogens with one attached hydrogen (secondary N) is 1. The summed E-state index contributed by atoms with van der Waals surface area (Å²) in [6.45, 7) is 4.43. The van der Waals surface area contributed by atoms with Gasteiger partial charge in [-0.2, -0.15) is 0 Å². The number of benzene rings is 1. The van der Waals surface area contributed by atoms with E-state index in [4.69, 9.17) is 4.98 Å². The van der Waals surface area contributed by atoms with Gasteiger partial charge in [0.05, 0.1) is 0 Å². The van der Waals surface area contributed by atoms with Crippen molar-refractivity contribution >= 4 is 27.7 Å². The van der Waals surface area contributed by atoms with Crippen molar-refractivity contribution in [2.24, 2.45) is 0 Å². The highest BCUT2D eigenvalue weighted by Crippen LogP contribution is 2.28. The van der Waals surface area contributed by atoms with E-state index in [1.165, 1.54) is 16.5 Å². The Morgan fingerprint density at radius 1 is 1.16 bits per heavy atom. The van der Waals surface area contributed by atoms with Gasteiger partial charge in [-0.3, -0.25) is 4.40 Å². The quantitative estimate of drug-likeness (QED) is 0.541. The normalized spacial score (nSPS) is 12.2. The molecule has 0 radical (unpaired) electrons. The second kappa shape index (κ2) is 3.60. The van der Waals surface area contributed by atoms with Crippen LogP contribution >= 0.6 is 0 Å². The van der Waals surface area contributed by atoms with Crippen LogP contribution in [0.15, 0.2) is 42.6 Å². The summed E-state index contributed by atoms with van der Waals surface area (Å²) >= 11 is 0. The van der Waals surface area contributed by atoms with E-state index in [-0.39, 0.29) is 0 Å². The molecule has 0 aliphatic carbocycles. The Morgan fingerprint density at radius 3 is 2.89 bits per heavy atom. The average molecular weight is 249 g/mol. The van der Waals surface area contributed by atoms with E-state index in [2.05, 4.69) is 41.4 Å². The number of aromatic nitrogens is 3. The maximum Gasteiger partial charge on any atom is 0.143 e. The summed E-state index contributed by atoms with van der Waals surface area (Å²) in [5.41, 5.74) is 5.63. The summed E-state index contributed by atoms with van der Waals surface area (Å²) < 4.78 is 2.10. The number of imidazole rings is 1. The van der Waals surface area contributed by atoms with Crippen molar-refractivity contribution in [1.82, 2.24) is 14.4 Å². The van der Waals surface area contributed by atoms with Gasteiger partial charge in [0.15, 0.2) is 0 Å². The Balaban J connectivity index is 2.12. The zero-order chi connectivity index (χ0) is 13.0. The number of hydrogen-bond acceptors (Lipinski definition) is 1. The van der Waals surface area contributed by atoms with Gasteiger partial charge >= 0.3 is 0 Å². The molecule has 0 unspecified atom stereocenters. The summed E-state index contributed by atoms with van der Waals surface area (Å²) in [5, 5.41) is 1.20. The highest BCUT2D eigenvalue weighted by atomic mass is 15.1. The summed E-state index contributed by atoms with van der Waals surface area (Å²) in [4.78, 5) is 8.21. The van der Waals surface area contributed by atoms with E-state index in [0.717, 1.165) is 16.8 Å². The topological polar surface area (TPSA) is 33.1 Å². The molecule has 3 nitrogen and oxygen atoms in total. The molecule has 19 heavy (non-hydrogen) atoms. The first-order valence-corrected chi connectivity index (χ1v) is 6.62. The lowest BCUT2D eigenvalue weighted by atomic mass is 10.0. The molecule has 3 heterocycles. The minimum Gasteiger partial charge on any atom is -0.339 e. The fraction of sp³-hybridized carbons (Fsp3) is 0.188. The third kappa shape index (κ3) is 1.41. The SMILES string of the molecule is CC(C)c1ccc2c(c1)[nH]c1c2nc2ccccn21. The maximum atomic E-state index is 4.71. The van der Waals surface area contributed by atoms with Crippen LogP contribution in [0.25, 0.3) is 27.7 Å². The maximum absolute atomic E-state index is 4.71. The Bertz CT molecular complexity index is 896. The zero-order valence-corrected chi connectivity index (χ0v) is 11.0. The number of fused-ring (bicyclic) bond motifs is 5. The van der Waals surface area contributed by atoms with Crippen LogP contribution in [0.2, 0.25) is 0 Å². The van der Waals surface area contributed by atoms with Crippen LogP contribution < -0.4 is 0 Å². The van der Waals surface area contributed by atoms with Crippen LogP contribution in [0.3, 0.4) is 0 Å². The van der Waals surface area contributed by atoms with E-state index in [9.17, 15) is 0 Å². The molecule has 0 aliphatic rings. The molecule has 0 fully saturated rings. The largest absolute Gasteiger partial charge is 0.339 e. The van der Waals surface area contributed by atoms with Crippen molar-refractivity contribution in [2.45, 2.75) is 19.8 Å². The van der Waals surface area contributed by atoms with Crippen LogP contribution in [-0.2, 0) is 0 Å². The molecule has 0 saturated heterocycles. The third-order valence-corrected chi connectivity index (χ3v) is 3.75. The second-order valence-electron chi connectivity index (χ2n) is 5.32. The molecule has 0 aliphatic heterocycles. The van der Waals surface area contributed by atoms with Crippen molar-refractivity contribution < 1.29 is 0 Å². The van der Waals surface area contributed by atoms with Gasteiger partial charge in [0, 0.05) is 17.1 Å². The minimum absolute atomic E-state index is 0.541. The van der Waals surface area contributed by atoms with E-state index in [1.54, 1.807) is 0 Å². The first-order chi connectivity index (χ1) is 9.24. The van der Waals surface area contributed by atoms with Crippen molar-refractivity contribution in [2.75, 3.05) is 0 Å². The van der Waals surface area contributed by atoms with Crippen molar-refractivity contribution in [3.8, 4) is 0 Å². The molecule has 0 atom stereocenters. The minimum atomic E-state index is 0.541. The van der Waals surface area contributed by atoms with Gasteiger partial charge in [0.1, 0.15) is 16.8 Å². The van der Waals surface area contributed by atoms with Gasteiger partial charge in [-0.25, -0.2) is 4.98 Å². The number of pyridine rings is 1. The van der Waals surface area contributed by atoms with Gasteiger partial charge in [0.25, 0.3) is 0 Å². The van der Waals surface area contributed by atoms with Gasteiger partial charge in [-0.15, -0.1) is 0 Å². The molecule has 0 bridgehead atoms. The smallest absolute Gasteiger partial charge is 0.143 e. The predicted molar refractivity (Wildman–Crippen MR) is 78.6 cm³/mol. The monoisotopic (exact) mass is 249 g/mol. The molecule has 0 amide bonds. The third-order valence-electron chi connectivity index (χ3n) is 3.75. The summed E-state index contributed by atoms with van der Waals surface area (Å²) in [6.07, 6.45) is 2.05. The van der Waals surface area contributed by atoms with Crippen LogP contribution in [0.5, 0.6) is 0 Å². The molecule has 1 aromatic carbocycles. The summed E-state index contributed by atoms with van der Waals surface area (Å²) in [5.74, 6) is 0.541. The number of nitrogens with zero attached hydrogens (tertiary/aromatic N) is 2. The van der Waals surface area contributed by atoms with Crippen molar-refractivity contribution in [3.63, 3.8) is 0 Å². The van der Waals surface area contributed by atoms with E-state index in [0.29, 0.717) is 5.92 Å². The number of rotatable bonds is 1. The van der Waals surface area contributed by atoms with E-state index >= 15 is 0 Å². The standard InChI is InChI=1S/C16H15N3/c1-10(2)11-6-7-12-13(9-11)17-16-15(12)18-14-5-3-4-8-19(14)16/h3-10,17H,1-2H3. The molecule has 3 heteroatoms. The van der Waals surface area contributed by atoms with Crippen LogP contribution in [-0.4, -0.2) is 14.4 Å². The molecular weight excluding hydrogens is 234 g/mol. The number of hydrogen-bond donors (Lipinski definition) is 1. The first kappa shape index (κ1) is 10.6. The predicted octanol–water partition coefficient (Wildman–Crippen LogP) is 4.09. The second-order valence-corrected chi connectivity index (χ2v) is 5.32. The average Bonchev–Trinajstić information content (AvgIpc) is 2.93. The van der Waals surface area contributed by atoms with E-state index < -0.39 is 0 Å². The van der Waals surface area contributed by atoms with Gasteiger partial charge in [-0.05, 0) is 29.7 Å². The lowest BCUT2D eigenvalue weighted by Gasteiger charge is -2.04. The molecule has 0 spiro atoms. The summed E-state index contributed by atoms with van der Waals surface area (Å²) in [7, 11) is 0. The molecule has 4 rings (SSSR count). The van der Waals surface area contributed by atoms with Crippen LogP contribution in [0.1, 0.15) is 25.3 Å². The fourth-order valence-electron chi connectivity index (χ4n) is 2.66. The summed E-state index contributed by atoms with van der Waals surface area (Å²) in [6, 6.07) is 12.7. The lowest BCUT2D eigenvalue weighted by Crippen LogP contribution is -1.86. The zero-order valence-electron chi connectivity index (χ0n) is 11.0. The van der Waals surface area contributed by atoms with Gasteiger partial charge in [-0.1, -0.05) is 32.0 Å². The van der Waals surface area contributed by atoms with Gasteiger partial charge in [0.2, 0.25) is 0 Å². The Labute approximate surface area is 110 Å². The van der Waals surface area contributed by atoms with Gasteiger partial charge < -0.3 is 4.98 Å². The highest BCUT2D eigenvalue weighted by Gasteiger charge is 2.11. The molecule has 4 aromatic rings. The van der Waals surface area contributed by atoms with Crippen molar-refractivity contribution in [1.29, 1.82) is 0 Å². The number of H-pyrrole nitrogens is 1. The molecule has 0 saturated carbocycles. The molecule has 3 aromatic heterocycles. The molecule has 94 valence electrons. The fourth-order valence-corrected chi connectivity index (χ4v) is 2.66. The van der Waals surface area contributed by atoms with Crippen LogP contribution in [0.4, 0.5) is 0 Å². The van der Waals surface area contributed by atoms with E-state index in [1.807, 2.05) is 24.4 Å². The molecular formula is C16H15N3. The van der Waals surface area contributed by atoms with Crippen LogP contribution in [0, 0.1) is 0 Å². The highest BCUT2D eigenvalue weighted by molar-refractivity contribution is 6.05.